The molecule has 0 fully saturated rings. The Morgan fingerprint density at radius 3 is 2.70 bits per heavy atom. The van der Waals surface area contributed by atoms with Crippen LogP contribution in [-0.2, 0) is 0 Å². The van der Waals surface area contributed by atoms with Crippen molar-refractivity contribution in [2.24, 2.45) is 0 Å². The topological polar surface area (TPSA) is 3.24 Å². The van der Waals surface area contributed by atoms with Gasteiger partial charge in [0.2, 0.25) is 0 Å². The van der Waals surface area contributed by atoms with Crippen molar-refractivity contribution in [3.05, 3.63) is 23.1 Å². The molecule has 0 N–H and O–H groups in total. The second-order valence-electron chi connectivity index (χ2n) is 2.49. The molecule has 0 aromatic rings. The minimum atomic E-state index is 1.20. The highest BCUT2D eigenvalue weighted by Gasteiger charge is 1.98. The van der Waals surface area contributed by atoms with Gasteiger partial charge in [-0.1, -0.05) is 18.2 Å². The first-order chi connectivity index (χ1) is 4.79. The molecule has 0 saturated heterocycles. The molecule has 56 valence electrons. The molecule has 1 aliphatic carbocycles. The number of allylic oxidation sites excluding steroid dienone is 3. The van der Waals surface area contributed by atoms with Gasteiger partial charge in [-0.25, -0.2) is 0 Å². The maximum Gasteiger partial charge on any atom is 0.0187 e. The van der Waals surface area contributed by atoms with Crippen LogP contribution in [0.25, 0.3) is 0 Å². The number of rotatable bonds is 2. The summed E-state index contributed by atoms with van der Waals surface area (Å²) in [5.41, 5.74) is 0. The maximum absolute atomic E-state index is 2.28. The summed E-state index contributed by atoms with van der Waals surface area (Å²) >= 11 is 1.78. The minimum absolute atomic E-state index is 1.20. The van der Waals surface area contributed by atoms with E-state index in [0.717, 1.165) is 0 Å². The Morgan fingerprint density at radius 1 is 1.40 bits per heavy atom. The van der Waals surface area contributed by atoms with Gasteiger partial charge in [-0.3, -0.25) is 4.31 Å². The van der Waals surface area contributed by atoms with Crippen LogP contribution < -0.4 is 0 Å². The molecule has 0 aromatic heterocycles. The Hall–Kier alpha value is -0.210. The average molecular weight is 155 g/mol. The first kappa shape index (κ1) is 7.89. The molecule has 0 radical (unpaired) electrons. The van der Waals surface area contributed by atoms with Crippen molar-refractivity contribution in [3.63, 3.8) is 0 Å². The van der Waals surface area contributed by atoms with Gasteiger partial charge in [0, 0.05) is 4.91 Å². The van der Waals surface area contributed by atoms with E-state index in [-0.39, 0.29) is 0 Å². The molecular formula is C8H13NS. The molecule has 2 heteroatoms. The van der Waals surface area contributed by atoms with Crippen molar-refractivity contribution >= 4 is 11.9 Å². The summed E-state index contributed by atoms with van der Waals surface area (Å²) in [6.07, 6.45) is 9.11. The fourth-order valence-electron chi connectivity index (χ4n) is 0.868. The Morgan fingerprint density at radius 2 is 2.20 bits per heavy atom. The highest BCUT2D eigenvalue weighted by molar-refractivity contribution is 8.01. The molecule has 0 bridgehead atoms. The van der Waals surface area contributed by atoms with Crippen LogP contribution >= 0.6 is 11.9 Å². The third kappa shape index (κ3) is 2.58. The molecule has 1 nitrogen and oxygen atoms in total. The highest BCUT2D eigenvalue weighted by atomic mass is 32.2. The van der Waals surface area contributed by atoms with E-state index in [2.05, 4.69) is 36.6 Å². The van der Waals surface area contributed by atoms with Crippen LogP contribution in [0.1, 0.15) is 12.8 Å². The van der Waals surface area contributed by atoms with E-state index >= 15 is 0 Å². The summed E-state index contributed by atoms with van der Waals surface area (Å²) in [4.78, 5) is 1.37. The third-order valence-electron chi connectivity index (χ3n) is 1.25. The number of hydrogen-bond acceptors (Lipinski definition) is 2. The van der Waals surface area contributed by atoms with Gasteiger partial charge in [-0.05, 0) is 38.9 Å². The van der Waals surface area contributed by atoms with E-state index in [9.17, 15) is 0 Å². The molecule has 1 rings (SSSR count). The fourth-order valence-corrected chi connectivity index (χ4v) is 1.64. The van der Waals surface area contributed by atoms with E-state index in [1.54, 1.807) is 11.9 Å². The lowest BCUT2D eigenvalue weighted by Crippen LogP contribution is -1.99. The van der Waals surface area contributed by atoms with Gasteiger partial charge in [-0.2, -0.15) is 0 Å². The molecular weight excluding hydrogens is 142 g/mol. The fraction of sp³-hybridized carbons (Fsp3) is 0.500. The summed E-state index contributed by atoms with van der Waals surface area (Å²) in [6.45, 7) is 0. The van der Waals surface area contributed by atoms with E-state index in [0.29, 0.717) is 0 Å². The van der Waals surface area contributed by atoms with Crippen molar-refractivity contribution in [1.29, 1.82) is 0 Å². The maximum atomic E-state index is 2.28. The average Bonchev–Trinajstić information content (AvgIpc) is 1.88. The Balaban J connectivity index is 2.40. The SMILES string of the molecule is CN(C)SC1=CCCC=C1. The second-order valence-corrected chi connectivity index (χ2v) is 3.87. The van der Waals surface area contributed by atoms with E-state index < -0.39 is 0 Å². The second kappa shape index (κ2) is 3.84. The first-order valence-corrected chi connectivity index (χ1v) is 4.28. The van der Waals surface area contributed by atoms with Gasteiger partial charge in [0.05, 0.1) is 0 Å². The van der Waals surface area contributed by atoms with Crippen LogP contribution in [0.3, 0.4) is 0 Å². The summed E-state index contributed by atoms with van der Waals surface area (Å²) in [5, 5.41) is 0. The van der Waals surface area contributed by atoms with Crippen LogP contribution in [0, 0.1) is 0 Å². The van der Waals surface area contributed by atoms with Gasteiger partial charge in [-0.15, -0.1) is 0 Å². The molecule has 0 unspecified atom stereocenters. The van der Waals surface area contributed by atoms with Crippen LogP contribution in [0.5, 0.6) is 0 Å². The summed E-state index contributed by atoms with van der Waals surface area (Å²) < 4.78 is 2.11. The highest BCUT2D eigenvalue weighted by Crippen LogP contribution is 2.22. The zero-order chi connectivity index (χ0) is 7.40. The number of nitrogens with zero attached hydrogens (tertiary/aromatic N) is 1. The molecule has 0 saturated carbocycles. The van der Waals surface area contributed by atoms with Gasteiger partial charge in [0.25, 0.3) is 0 Å². The molecule has 0 amide bonds. The van der Waals surface area contributed by atoms with Crippen molar-refractivity contribution in [2.75, 3.05) is 14.1 Å². The van der Waals surface area contributed by atoms with Crippen molar-refractivity contribution in [3.8, 4) is 0 Å². The monoisotopic (exact) mass is 155 g/mol. The molecule has 0 spiro atoms. The number of hydrogen-bond donors (Lipinski definition) is 0. The summed E-state index contributed by atoms with van der Waals surface area (Å²) in [5.74, 6) is 0. The minimum Gasteiger partial charge on any atom is -0.253 e. The van der Waals surface area contributed by atoms with E-state index in [4.69, 9.17) is 0 Å². The first-order valence-electron chi connectivity index (χ1n) is 3.51. The van der Waals surface area contributed by atoms with Crippen molar-refractivity contribution in [1.82, 2.24) is 4.31 Å². The van der Waals surface area contributed by atoms with E-state index in [1.807, 2.05) is 0 Å². The molecule has 0 heterocycles. The Kier molecular flexibility index (Phi) is 3.03. The van der Waals surface area contributed by atoms with Gasteiger partial charge in [0.15, 0.2) is 0 Å². The zero-order valence-electron chi connectivity index (χ0n) is 6.50. The van der Waals surface area contributed by atoms with Gasteiger partial charge < -0.3 is 0 Å². The quantitative estimate of drug-likeness (QED) is 0.563. The predicted molar refractivity (Wildman–Crippen MR) is 47.7 cm³/mol. The standard InChI is InChI=1S/C8H13NS/c1-9(2)10-8-6-4-3-5-7-8/h4,6-7H,3,5H2,1-2H3. The lowest BCUT2D eigenvalue weighted by Gasteiger charge is -2.10. The van der Waals surface area contributed by atoms with Crippen molar-refractivity contribution in [2.45, 2.75) is 12.8 Å². The smallest absolute Gasteiger partial charge is 0.0187 e. The largest absolute Gasteiger partial charge is 0.253 e. The van der Waals surface area contributed by atoms with Crippen LogP contribution in [-0.4, -0.2) is 18.4 Å². The van der Waals surface area contributed by atoms with Crippen LogP contribution in [0.2, 0.25) is 0 Å². The predicted octanol–water partition coefficient (Wildman–Crippen LogP) is 2.43. The lowest BCUT2D eigenvalue weighted by molar-refractivity contribution is 0.706. The third-order valence-corrected chi connectivity index (χ3v) is 2.13. The van der Waals surface area contributed by atoms with Gasteiger partial charge >= 0.3 is 0 Å². The Bertz CT molecular complexity index is 159. The van der Waals surface area contributed by atoms with Gasteiger partial charge in [0.1, 0.15) is 0 Å². The molecule has 0 aromatic carbocycles. The van der Waals surface area contributed by atoms with Crippen LogP contribution in [0.4, 0.5) is 0 Å². The molecule has 0 atom stereocenters. The lowest BCUT2D eigenvalue weighted by atomic mass is 10.2. The normalized spacial score (nSPS) is 17.7. The van der Waals surface area contributed by atoms with Crippen molar-refractivity contribution < 1.29 is 0 Å². The summed E-state index contributed by atoms with van der Waals surface area (Å²) in [6, 6.07) is 0. The van der Waals surface area contributed by atoms with Crippen LogP contribution in [0.15, 0.2) is 23.1 Å². The Labute approximate surface area is 66.9 Å². The summed E-state index contributed by atoms with van der Waals surface area (Å²) in [7, 11) is 4.13. The molecule has 10 heavy (non-hydrogen) atoms. The van der Waals surface area contributed by atoms with E-state index in [1.165, 1.54) is 17.7 Å². The molecule has 1 aliphatic rings. The molecule has 0 aliphatic heterocycles. The zero-order valence-corrected chi connectivity index (χ0v) is 7.32.